The van der Waals surface area contributed by atoms with Gasteiger partial charge in [-0.2, -0.15) is 0 Å². The molecule has 0 radical (unpaired) electrons. The molecule has 0 saturated carbocycles. The molecule has 0 unspecified atom stereocenters. The van der Waals surface area contributed by atoms with Gasteiger partial charge in [0.15, 0.2) is 0 Å². The second-order valence-corrected chi connectivity index (χ2v) is 8.47. The predicted molar refractivity (Wildman–Crippen MR) is 130 cm³/mol. The molecule has 1 aromatic carbocycles. The SMILES string of the molecule is CCCN(CCC)C(=O)CSC(=Nc1ccc(CC)cc1)c1c(O)n(C)c(=O)n(C)c1=O. The van der Waals surface area contributed by atoms with E-state index in [0.717, 1.165) is 45.7 Å². The summed E-state index contributed by atoms with van der Waals surface area (Å²) in [5.74, 6) is -0.466. The van der Waals surface area contributed by atoms with Crippen LogP contribution in [0.1, 0.15) is 44.7 Å². The summed E-state index contributed by atoms with van der Waals surface area (Å²) in [7, 11) is 2.73. The van der Waals surface area contributed by atoms with E-state index in [9.17, 15) is 19.5 Å². The molecule has 0 atom stereocenters. The summed E-state index contributed by atoms with van der Waals surface area (Å²) < 4.78 is 1.92. The fourth-order valence-corrected chi connectivity index (χ4v) is 4.16. The molecule has 174 valence electrons. The first-order valence-corrected chi connectivity index (χ1v) is 11.8. The smallest absolute Gasteiger partial charge is 0.333 e. The van der Waals surface area contributed by atoms with Crippen molar-refractivity contribution in [2.45, 2.75) is 40.0 Å². The Kier molecular flexibility index (Phi) is 9.31. The van der Waals surface area contributed by atoms with Crippen molar-refractivity contribution in [1.82, 2.24) is 14.0 Å². The van der Waals surface area contributed by atoms with E-state index in [0.29, 0.717) is 18.8 Å². The van der Waals surface area contributed by atoms with Gasteiger partial charge >= 0.3 is 5.69 Å². The first-order valence-electron chi connectivity index (χ1n) is 10.8. The van der Waals surface area contributed by atoms with Gasteiger partial charge in [0.05, 0.1) is 11.4 Å². The normalized spacial score (nSPS) is 11.6. The van der Waals surface area contributed by atoms with E-state index in [1.165, 1.54) is 14.1 Å². The predicted octanol–water partition coefficient (Wildman–Crippen LogP) is 2.81. The van der Waals surface area contributed by atoms with Crippen molar-refractivity contribution in [3.8, 4) is 5.88 Å². The lowest BCUT2D eigenvalue weighted by Crippen LogP contribution is -2.40. The molecule has 1 aromatic heterocycles. The van der Waals surface area contributed by atoms with Gasteiger partial charge in [0, 0.05) is 27.2 Å². The molecule has 0 spiro atoms. The van der Waals surface area contributed by atoms with E-state index in [4.69, 9.17) is 0 Å². The van der Waals surface area contributed by atoms with E-state index in [2.05, 4.69) is 11.9 Å². The van der Waals surface area contributed by atoms with E-state index in [1.54, 1.807) is 4.90 Å². The van der Waals surface area contributed by atoms with Gasteiger partial charge in [0.25, 0.3) is 5.56 Å². The number of carbonyl (C=O) groups is 1. The molecule has 0 aliphatic rings. The molecule has 0 aliphatic heterocycles. The highest BCUT2D eigenvalue weighted by Crippen LogP contribution is 2.24. The number of aromatic nitrogens is 2. The Bertz CT molecular complexity index is 1080. The van der Waals surface area contributed by atoms with Crippen LogP contribution in [0.2, 0.25) is 0 Å². The number of rotatable bonds is 9. The zero-order valence-electron chi connectivity index (χ0n) is 19.4. The van der Waals surface area contributed by atoms with Crippen molar-refractivity contribution in [2.75, 3.05) is 18.8 Å². The molecule has 2 rings (SSSR count). The molecule has 32 heavy (non-hydrogen) atoms. The average Bonchev–Trinajstić information content (AvgIpc) is 2.80. The number of carbonyl (C=O) groups excluding carboxylic acids is 1. The van der Waals surface area contributed by atoms with Crippen molar-refractivity contribution in [3.63, 3.8) is 0 Å². The minimum absolute atomic E-state index is 0.0612. The van der Waals surface area contributed by atoms with Crippen LogP contribution >= 0.6 is 11.8 Å². The Hall–Kier alpha value is -2.81. The van der Waals surface area contributed by atoms with Gasteiger partial charge in [-0.05, 0) is 37.0 Å². The van der Waals surface area contributed by atoms with Crippen LogP contribution in [0.3, 0.4) is 0 Å². The van der Waals surface area contributed by atoms with Gasteiger partial charge < -0.3 is 10.0 Å². The molecule has 8 nitrogen and oxygen atoms in total. The first kappa shape index (κ1) is 25.5. The highest BCUT2D eigenvalue weighted by Gasteiger charge is 2.23. The van der Waals surface area contributed by atoms with Crippen molar-refractivity contribution < 1.29 is 9.90 Å². The zero-order valence-corrected chi connectivity index (χ0v) is 20.2. The number of nitrogens with zero attached hydrogens (tertiary/aromatic N) is 4. The van der Waals surface area contributed by atoms with E-state index in [-0.39, 0.29) is 22.3 Å². The monoisotopic (exact) mass is 460 g/mol. The summed E-state index contributed by atoms with van der Waals surface area (Å²) in [6, 6.07) is 7.53. The minimum atomic E-state index is -0.659. The summed E-state index contributed by atoms with van der Waals surface area (Å²) in [5.41, 5.74) is 0.342. The summed E-state index contributed by atoms with van der Waals surface area (Å²) in [6.45, 7) is 7.40. The van der Waals surface area contributed by atoms with E-state index in [1.807, 2.05) is 38.1 Å². The van der Waals surface area contributed by atoms with Gasteiger partial charge in [-0.3, -0.25) is 18.7 Å². The summed E-state index contributed by atoms with van der Waals surface area (Å²) in [5, 5.41) is 10.8. The van der Waals surface area contributed by atoms with Crippen molar-refractivity contribution >= 4 is 28.4 Å². The number of amides is 1. The third kappa shape index (κ3) is 5.91. The van der Waals surface area contributed by atoms with Crippen LogP contribution in [0.4, 0.5) is 5.69 Å². The first-order chi connectivity index (χ1) is 15.2. The number of hydrogen-bond acceptors (Lipinski definition) is 6. The Morgan fingerprint density at radius 3 is 2.16 bits per heavy atom. The summed E-state index contributed by atoms with van der Waals surface area (Å²) in [4.78, 5) is 44.2. The van der Waals surface area contributed by atoms with Crippen LogP contribution in [-0.4, -0.2) is 48.9 Å². The second kappa shape index (κ2) is 11.7. The third-order valence-corrected chi connectivity index (χ3v) is 6.06. The van der Waals surface area contributed by atoms with Gasteiger partial charge in [-0.15, -0.1) is 0 Å². The number of hydrogen-bond donors (Lipinski definition) is 1. The lowest BCUT2D eigenvalue weighted by molar-refractivity contribution is -0.128. The summed E-state index contributed by atoms with van der Waals surface area (Å²) >= 11 is 1.09. The van der Waals surface area contributed by atoms with Gasteiger partial charge in [-0.25, -0.2) is 9.79 Å². The average molecular weight is 461 g/mol. The van der Waals surface area contributed by atoms with Crippen LogP contribution in [0.25, 0.3) is 0 Å². The molecule has 0 fully saturated rings. The Balaban J connectivity index is 2.52. The maximum absolute atomic E-state index is 12.9. The van der Waals surface area contributed by atoms with Crippen LogP contribution in [0.5, 0.6) is 5.88 Å². The molecular weight excluding hydrogens is 428 g/mol. The molecule has 1 heterocycles. The second-order valence-electron chi connectivity index (χ2n) is 7.51. The quantitative estimate of drug-likeness (QED) is 0.458. The third-order valence-electron chi connectivity index (χ3n) is 5.09. The Morgan fingerprint density at radius 2 is 1.62 bits per heavy atom. The van der Waals surface area contributed by atoms with E-state index >= 15 is 0 Å². The molecular formula is C23H32N4O4S. The van der Waals surface area contributed by atoms with Crippen molar-refractivity contribution in [1.29, 1.82) is 0 Å². The largest absolute Gasteiger partial charge is 0.494 e. The maximum Gasteiger partial charge on any atom is 0.333 e. The maximum atomic E-state index is 12.9. The lowest BCUT2D eigenvalue weighted by atomic mass is 10.1. The molecule has 1 N–H and O–H groups in total. The zero-order chi connectivity index (χ0) is 23.8. The Morgan fingerprint density at radius 1 is 1.03 bits per heavy atom. The van der Waals surface area contributed by atoms with E-state index < -0.39 is 17.1 Å². The lowest BCUT2D eigenvalue weighted by Gasteiger charge is -2.21. The topological polar surface area (TPSA) is 96.9 Å². The fourth-order valence-electron chi connectivity index (χ4n) is 3.23. The highest BCUT2D eigenvalue weighted by atomic mass is 32.2. The standard InChI is InChI=1S/C23H32N4O4S/c1-6-13-27(14-7-2)18(28)15-32-20(24-17-11-9-16(8-3)10-12-17)19-21(29)25(4)23(31)26(5)22(19)30/h9-12,29H,6-8,13-15H2,1-5H3. The molecule has 0 aliphatic carbocycles. The molecule has 0 bridgehead atoms. The Labute approximate surface area is 192 Å². The number of aryl methyl sites for hydroxylation is 1. The number of aromatic hydroxyl groups is 1. The van der Waals surface area contributed by atoms with Crippen LogP contribution in [0.15, 0.2) is 38.8 Å². The van der Waals surface area contributed by atoms with Gasteiger partial charge in [0.1, 0.15) is 10.6 Å². The molecule has 2 aromatic rings. The van der Waals surface area contributed by atoms with Crippen molar-refractivity contribution in [2.24, 2.45) is 19.1 Å². The fraction of sp³-hybridized carbons (Fsp3) is 0.478. The number of aliphatic imine (C=N–C) groups is 1. The molecule has 1 amide bonds. The van der Waals surface area contributed by atoms with Crippen LogP contribution < -0.4 is 11.2 Å². The van der Waals surface area contributed by atoms with Crippen LogP contribution in [-0.2, 0) is 25.3 Å². The van der Waals surface area contributed by atoms with Crippen molar-refractivity contribution in [3.05, 3.63) is 56.2 Å². The summed E-state index contributed by atoms with van der Waals surface area (Å²) in [6.07, 6.45) is 2.58. The highest BCUT2D eigenvalue weighted by molar-refractivity contribution is 8.15. The molecule has 0 saturated heterocycles. The molecule has 9 heteroatoms. The van der Waals surface area contributed by atoms with Gasteiger partial charge in [0.2, 0.25) is 11.8 Å². The van der Waals surface area contributed by atoms with Gasteiger partial charge in [-0.1, -0.05) is 44.7 Å². The van der Waals surface area contributed by atoms with Crippen LogP contribution in [0, 0.1) is 0 Å². The number of thioether (sulfide) groups is 1. The number of benzene rings is 1. The minimum Gasteiger partial charge on any atom is -0.494 e.